The molecular formula is C13H17ClN2O2. The summed E-state index contributed by atoms with van der Waals surface area (Å²) in [5.74, 6) is -0.189. The van der Waals surface area contributed by atoms with Gasteiger partial charge in [-0.1, -0.05) is 11.6 Å². The highest BCUT2D eigenvalue weighted by atomic mass is 35.5. The number of benzene rings is 1. The second-order valence-corrected chi connectivity index (χ2v) is 4.96. The molecule has 0 amide bonds. The van der Waals surface area contributed by atoms with Crippen LogP contribution in [0.3, 0.4) is 0 Å². The number of anilines is 1. The van der Waals surface area contributed by atoms with Crippen molar-refractivity contribution in [3.05, 3.63) is 29.3 Å². The summed E-state index contributed by atoms with van der Waals surface area (Å²) >= 11 is 5.86. The molecule has 2 atom stereocenters. The van der Waals surface area contributed by atoms with Gasteiger partial charge < -0.3 is 15.4 Å². The summed E-state index contributed by atoms with van der Waals surface area (Å²) in [7, 11) is 1.37. The third-order valence-corrected chi connectivity index (χ3v) is 3.65. The highest BCUT2D eigenvalue weighted by Crippen LogP contribution is 2.26. The normalized spacial score (nSPS) is 20.8. The van der Waals surface area contributed by atoms with Crippen molar-refractivity contribution in [2.45, 2.75) is 12.5 Å². The van der Waals surface area contributed by atoms with E-state index in [1.807, 2.05) is 24.3 Å². The molecule has 18 heavy (non-hydrogen) atoms. The third kappa shape index (κ3) is 2.76. The van der Waals surface area contributed by atoms with Crippen molar-refractivity contribution in [3.63, 3.8) is 0 Å². The maximum Gasteiger partial charge on any atom is 0.322 e. The van der Waals surface area contributed by atoms with Crippen LogP contribution in [0.5, 0.6) is 0 Å². The molecular weight excluding hydrogens is 252 g/mol. The Morgan fingerprint density at radius 2 is 2.17 bits per heavy atom. The van der Waals surface area contributed by atoms with E-state index in [0.717, 1.165) is 30.2 Å². The molecule has 0 spiro atoms. The zero-order chi connectivity index (χ0) is 13.1. The average Bonchev–Trinajstić information content (AvgIpc) is 2.87. The monoisotopic (exact) mass is 268 g/mol. The predicted octanol–water partition coefficient (Wildman–Crippen LogP) is 1.67. The molecule has 5 heteroatoms. The second-order valence-electron chi connectivity index (χ2n) is 4.52. The molecule has 0 aliphatic carbocycles. The molecule has 2 unspecified atom stereocenters. The summed E-state index contributed by atoms with van der Waals surface area (Å²) in [6.07, 6.45) is 0.902. The SMILES string of the molecule is COC(=O)C(N)C1CCN(c2ccc(Cl)cc2)C1. The molecule has 1 aromatic rings. The number of rotatable bonds is 3. The van der Waals surface area contributed by atoms with Gasteiger partial charge in [0, 0.05) is 29.7 Å². The molecule has 1 aliphatic rings. The molecule has 1 saturated heterocycles. The summed E-state index contributed by atoms with van der Waals surface area (Å²) in [6.45, 7) is 1.68. The Kier molecular flexibility index (Phi) is 4.09. The number of carbonyl (C=O) groups excluding carboxylic acids is 1. The molecule has 1 aromatic carbocycles. The van der Waals surface area contributed by atoms with Gasteiger partial charge in [-0.3, -0.25) is 4.79 Å². The van der Waals surface area contributed by atoms with Crippen molar-refractivity contribution in [2.24, 2.45) is 11.7 Å². The fourth-order valence-corrected chi connectivity index (χ4v) is 2.42. The van der Waals surface area contributed by atoms with E-state index in [2.05, 4.69) is 9.64 Å². The quantitative estimate of drug-likeness (QED) is 0.848. The molecule has 4 nitrogen and oxygen atoms in total. The maximum absolute atomic E-state index is 11.4. The number of hydrogen-bond donors (Lipinski definition) is 1. The van der Waals surface area contributed by atoms with Crippen LogP contribution in [0, 0.1) is 5.92 Å². The topological polar surface area (TPSA) is 55.6 Å². The molecule has 0 saturated carbocycles. The summed E-state index contributed by atoms with van der Waals surface area (Å²) < 4.78 is 4.68. The first kappa shape index (κ1) is 13.2. The van der Waals surface area contributed by atoms with Crippen molar-refractivity contribution in [1.29, 1.82) is 0 Å². The van der Waals surface area contributed by atoms with Crippen LogP contribution in [0.1, 0.15) is 6.42 Å². The lowest BCUT2D eigenvalue weighted by Crippen LogP contribution is -2.40. The zero-order valence-corrected chi connectivity index (χ0v) is 11.1. The Labute approximate surface area is 112 Å². The van der Waals surface area contributed by atoms with Crippen LogP contribution in [0.15, 0.2) is 24.3 Å². The van der Waals surface area contributed by atoms with Crippen LogP contribution in [-0.4, -0.2) is 32.2 Å². The second kappa shape index (κ2) is 5.59. The van der Waals surface area contributed by atoms with Crippen LogP contribution < -0.4 is 10.6 Å². The van der Waals surface area contributed by atoms with Crippen LogP contribution in [0.2, 0.25) is 5.02 Å². The lowest BCUT2D eigenvalue weighted by atomic mass is 10.0. The van der Waals surface area contributed by atoms with E-state index in [9.17, 15) is 4.79 Å². The molecule has 0 aromatic heterocycles. The van der Waals surface area contributed by atoms with Gasteiger partial charge in [0.05, 0.1) is 7.11 Å². The van der Waals surface area contributed by atoms with E-state index in [4.69, 9.17) is 17.3 Å². The minimum atomic E-state index is -0.535. The van der Waals surface area contributed by atoms with Gasteiger partial charge in [-0.05, 0) is 30.7 Å². The van der Waals surface area contributed by atoms with Crippen LogP contribution in [-0.2, 0) is 9.53 Å². The van der Waals surface area contributed by atoms with Gasteiger partial charge in [0.1, 0.15) is 6.04 Å². The first-order valence-electron chi connectivity index (χ1n) is 5.95. The summed E-state index contributed by atoms with van der Waals surface area (Å²) in [5.41, 5.74) is 6.99. The van der Waals surface area contributed by atoms with E-state index in [1.54, 1.807) is 0 Å². The van der Waals surface area contributed by atoms with Gasteiger partial charge in [-0.15, -0.1) is 0 Å². The van der Waals surface area contributed by atoms with Crippen molar-refractivity contribution in [3.8, 4) is 0 Å². The number of esters is 1. The minimum absolute atomic E-state index is 0.146. The summed E-state index contributed by atoms with van der Waals surface area (Å²) in [5, 5.41) is 0.723. The Hall–Kier alpha value is -1.26. The number of ether oxygens (including phenoxy) is 1. The molecule has 2 N–H and O–H groups in total. The van der Waals surface area contributed by atoms with E-state index in [-0.39, 0.29) is 11.9 Å². The standard InChI is InChI=1S/C13H17ClN2O2/c1-18-13(17)12(15)9-6-7-16(8-9)11-4-2-10(14)3-5-11/h2-5,9,12H,6-8,15H2,1H3. The van der Waals surface area contributed by atoms with Gasteiger partial charge in [-0.2, -0.15) is 0 Å². The largest absolute Gasteiger partial charge is 0.468 e. The fourth-order valence-electron chi connectivity index (χ4n) is 2.30. The first-order valence-corrected chi connectivity index (χ1v) is 6.33. The molecule has 0 bridgehead atoms. The lowest BCUT2D eigenvalue weighted by Gasteiger charge is -2.20. The number of nitrogens with zero attached hydrogens (tertiary/aromatic N) is 1. The van der Waals surface area contributed by atoms with Gasteiger partial charge >= 0.3 is 5.97 Å². The minimum Gasteiger partial charge on any atom is -0.468 e. The Bertz CT molecular complexity index is 422. The molecule has 1 aliphatic heterocycles. The maximum atomic E-state index is 11.4. The van der Waals surface area contributed by atoms with Crippen molar-refractivity contribution < 1.29 is 9.53 Å². The van der Waals surface area contributed by atoms with Crippen molar-refractivity contribution in [2.75, 3.05) is 25.1 Å². The number of methoxy groups -OCH3 is 1. The van der Waals surface area contributed by atoms with Gasteiger partial charge in [0.15, 0.2) is 0 Å². The van der Waals surface area contributed by atoms with Gasteiger partial charge in [0.25, 0.3) is 0 Å². The number of hydrogen-bond acceptors (Lipinski definition) is 4. The van der Waals surface area contributed by atoms with Crippen LogP contribution in [0.25, 0.3) is 0 Å². The lowest BCUT2D eigenvalue weighted by molar-refractivity contribution is -0.143. The Morgan fingerprint density at radius 1 is 1.50 bits per heavy atom. The van der Waals surface area contributed by atoms with Gasteiger partial charge in [0.2, 0.25) is 0 Å². The predicted molar refractivity (Wildman–Crippen MR) is 71.8 cm³/mol. The van der Waals surface area contributed by atoms with Crippen LogP contribution in [0.4, 0.5) is 5.69 Å². The third-order valence-electron chi connectivity index (χ3n) is 3.40. The number of halogens is 1. The first-order chi connectivity index (χ1) is 8.61. The number of carbonyl (C=O) groups is 1. The number of nitrogens with two attached hydrogens (primary N) is 1. The van der Waals surface area contributed by atoms with E-state index in [0.29, 0.717) is 0 Å². The molecule has 0 radical (unpaired) electrons. The zero-order valence-electron chi connectivity index (χ0n) is 10.3. The summed E-state index contributed by atoms with van der Waals surface area (Å²) in [6, 6.07) is 7.16. The summed E-state index contributed by atoms with van der Waals surface area (Å²) in [4.78, 5) is 13.6. The molecule has 2 rings (SSSR count). The molecule has 98 valence electrons. The highest BCUT2D eigenvalue weighted by Gasteiger charge is 2.32. The molecule has 1 heterocycles. The van der Waals surface area contributed by atoms with E-state index >= 15 is 0 Å². The Balaban J connectivity index is 2.00. The highest BCUT2D eigenvalue weighted by molar-refractivity contribution is 6.30. The molecule has 1 fully saturated rings. The van der Waals surface area contributed by atoms with E-state index in [1.165, 1.54) is 7.11 Å². The average molecular weight is 269 g/mol. The van der Waals surface area contributed by atoms with Crippen molar-refractivity contribution in [1.82, 2.24) is 0 Å². The Morgan fingerprint density at radius 3 is 2.78 bits per heavy atom. The van der Waals surface area contributed by atoms with Gasteiger partial charge in [-0.25, -0.2) is 0 Å². The van der Waals surface area contributed by atoms with Crippen LogP contribution >= 0.6 is 11.6 Å². The van der Waals surface area contributed by atoms with Crippen molar-refractivity contribution >= 4 is 23.3 Å². The smallest absolute Gasteiger partial charge is 0.322 e. The fraction of sp³-hybridized carbons (Fsp3) is 0.462. The van der Waals surface area contributed by atoms with E-state index < -0.39 is 6.04 Å².